The fraction of sp³-hybridized carbons (Fsp3) is 0.600. The average molecular weight is 306 g/mol. The Bertz CT molecular complexity index is 338. The van der Waals surface area contributed by atoms with E-state index in [4.69, 9.17) is 4.74 Å². The molecule has 0 aromatic carbocycles. The molecule has 4 nitrogen and oxygen atoms in total. The van der Waals surface area contributed by atoms with E-state index in [-0.39, 0.29) is 0 Å². The molecule has 1 heterocycles. The van der Waals surface area contributed by atoms with E-state index < -0.39 is 0 Å². The highest BCUT2D eigenvalue weighted by Crippen LogP contribution is 2.22. The highest BCUT2D eigenvalue weighted by atomic mass is 79.9. The van der Waals surface area contributed by atoms with Gasteiger partial charge >= 0.3 is 0 Å². The zero-order valence-corrected chi connectivity index (χ0v) is 12.1. The maximum Gasteiger partial charge on any atom is 0.232 e. The molecule has 1 aromatic heterocycles. The van der Waals surface area contributed by atoms with Gasteiger partial charge in [0.15, 0.2) is 0 Å². The van der Waals surface area contributed by atoms with Crippen LogP contribution < -0.4 is 10.1 Å². The SMILES string of the molecule is COc1nc(NC(C)CCSC)ncc1Br. The topological polar surface area (TPSA) is 47.0 Å². The van der Waals surface area contributed by atoms with Gasteiger partial charge in [0, 0.05) is 6.04 Å². The molecule has 0 amide bonds. The average Bonchev–Trinajstić information content (AvgIpc) is 2.29. The van der Waals surface area contributed by atoms with Gasteiger partial charge in [0.2, 0.25) is 11.8 Å². The molecule has 90 valence electrons. The number of rotatable bonds is 6. The molecule has 0 spiro atoms. The third-order valence-corrected chi connectivity index (χ3v) is 3.22. The van der Waals surface area contributed by atoms with Crippen molar-refractivity contribution in [3.63, 3.8) is 0 Å². The van der Waals surface area contributed by atoms with Crippen molar-refractivity contribution in [2.45, 2.75) is 19.4 Å². The van der Waals surface area contributed by atoms with Crippen molar-refractivity contribution in [3.8, 4) is 5.88 Å². The van der Waals surface area contributed by atoms with Crippen molar-refractivity contribution in [2.24, 2.45) is 0 Å². The standard InChI is InChI=1S/C10H16BrN3OS/c1-7(4-5-16-3)13-10-12-6-8(11)9(14-10)15-2/h6-7H,4-5H2,1-3H3,(H,12,13,14). The monoisotopic (exact) mass is 305 g/mol. The van der Waals surface area contributed by atoms with Crippen LogP contribution in [-0.4, -0.2) is 35.1 Å². The Morgan fingerprint density at radius 1 is 1.62 bits per heavy atom. The Hall–Kier alpha value is -0.490. The predicted octanol–water partition coefficient (Wildman–Crippen LogP) is 2.80. The summed E-state index contributed by atoms with van der Waals surface area (Å²) in [5.74, 6) is 2.28. The number of hydrogen-bond acceptors (Lipinski definition) is 5. The summed E-state index contributed by atoms with van der Waals surface area (Å²) >= 11 is 5.16. The van der Waals surface area contributed by atoms with E-state index in [0.717, 1.165) is 16.6 Å². The zero-order valence-electron chi connectivity index (χ0n) is 9.66. The highest BCUT2D eigenvalue weighted by molar-refractivity contribution is 9.10. The number of methoxy groups -OCH3 is 1. The van der Waals surface area contributed by atoms with E-state index >= 15 is 0 Å². The lowest BCUT2D eigenvalue weighted by Crippen LogP contribution is -2.17. The van der Waals surface area contributed by atoms with E-state index in [1.807, 2.05) is 11.8 Å². The Balaban J connectivity index is 2.59. The number of thioether (sulfide) groups is 1. The highest BCUT2D eigenvalue weighted by Gasteiger charge is 2.07. The van der Waals surface area contributed by atoms with Crippen LogP contribution in [0.25, 0.3) is 0 Å². The van der Waals surface area contributed by atoms with E-state index in [0.29, 0.717) is 17.9 Å². The largest absolute Gasteiger partial charge is 0.480 e. The zero-order chi connectivity index (χ0) is 12.0. The first kappa shape index (κ1) is 13.6. The van der Waals surface area contributed by atoms with Crippen LogP contribution in [0.3, 0.4) is 0 Å². The third-order valence-electron chi connectivity index (χ3n) is 2.04. The van der Waals surface area contributed by atoms with Crippen molar-refractivity contribution in [1.29, 1.82) is 0 Å². The van der Waals surface area contributed by atoms with Crippen LogP contribution in [0, 0.1) is 0 Å². The van der Waals surface area contributed by atoms with Gasteiger partial charge in [0.25, 0.3) is 0 Å². The van der Waals surface area contributed by atoms with Crippen molar-refractivity contribution >= 4 is 33.6 Å². The second-order valence-electron chi connectivity index (χ2n) is 3.38. The fourth-order valence-electron chi connectivity index (χ4n) is 1.15. The minimum absolute atomic E-state index is 0.360. The lowest BCUT2D eigenvalue weighted by Gasteiger charge is -2.13. The molecule has 0 fully saturated rings. The summed E-state index contributed by atoms with van der Waals surface area (Å²) in [5.41, 5.74) is 0. The maximum absolute atomic E-state index is 5.11. The summed E-state index contributed by atoms with van der Waals surface area (Å²) in [7, 11) is 1.59. The summed E-state index contributed by atoms with van der Waals surface area (Å²) in [6, 6.07) is 0.360. The summed E-state index contributed by atoms with van der Waals surface area (Å²) < 4.78 is 5.87. The molecular weight excluding hydrogens is 290 g/mol. The van der Waals surface area contributed by atoms with Gasteiger partial charge in [0.1, 0.15) is 0 Å². The number of nitrogens with one attached hydrogen (secondary N) is 1. The van der Waals surface area contributed by atoms with Gasteiger partial charge in [-0.1, -0.05) is 0 Å². The van der Waals surface area contributed by atoms with E-state index in [1.54, 1.807) is 13.3 Å². The Morgan fingerprint density at radius 3 is 3.00 bits per heavy atom. The fourth-order valence-corrected chi connectivity index (χ4v) is 2.09. The molecule has 0 bridgehead atoms. The molecule has 0 aliphatic rings. The van der Waals surface area contributed by atoms with Crippen molar-refractivity contribution in [2.75, 3.05) is 24.4 Å². The predicted molar refractivity (Wildman–Crippen MR) is 72.4 cm³/mol. The van der Waals surface area contributed by atoms with E-state index in [2.05, 4.69) is 44.4 Å². The molecule has 0 radical (unpaired) electrons. The van der Waals surface area contributed by atoms with Crippen molar-refractivity contribution < 1.29 is 4.74 Å². The minimum atomic E-state index is 0.360. The van der Waals surface area contributed by atoms with Crippen LogP contribution in [-0.2, 0) is 0 Å². The number of aromatic nitrogens is 2. The van der Waals surface area contributed by atoms with Crippen LogP contribution in [0.15, 0.2) is 10.7 Å². The van der Waals surface area contributed by atoms with Crippen LogP contribution in [0.1, 0.15) is 13.3 Å². The Labute approximate surface area is 109 Å². The summed E-state index contributed by atoms with van der Waals surface area (Å²) in [4.78, 5) is 8.42. The van der Waals surface area contributed by atoms with Crippen LogP contribution in [0.2, 0.25) is 0 Å². The Kier molecular flexibility index (Phi) is 5.90. The molecule has 16 heavy (non-hydrogen) atoms. The van der Waals surface area contributed by atoms with Gasteiger partial charge in [-0.25, -0.2) is 4.98 Å². The quantitative estimate of drug-likeness (QED) is 0.875. The molecule has 0 saturated carbocycles. The maximum atomic E-state index is 5.11. The number of anilines is 1. The summed E-state index contributed by atoms with van der Waals surface area (Å²) in [5, 5.41) is 3.24. The second-order valence-corrected chi connectivity index (χ2v) is 5.22. The number of hydrogen-bond donors (Lipinski definition) is 1. The second kappa shape index (κ2) is 6.96. The van der Waals surface area contributed by atoms with Gasteiger partial charge in [-0.05, 0) is 41.3 Å². The number of ether oxygens (including phenoxy) is 1. The first-order valence-corrected chi connectivity index (χ1v) is 7.18. The molecule has 1 unspecified atom stereocenters. The van der Waals surface area contributed by atoms with Gasteiger partial charge in [0.05, 0.1) is 17.8 Å². The van der Waals surface area contributed by atoms with E-state index in [9.17, 15) is 0 Å². The molecular formula is C10H16BrN3OS. The van der Waals surface area contributed by atoms with Crippen LogP contribution in [0.5, 0.6) is 5.88 Å². The molecule has 0 saturated heterocycles. The molecule has 1 atom stereocenters. The third kappa shape index (κ3) is 4.17. The molecule has 6 heteroatoms. The van der Waals surface area contributed by atoms with E-state index in [1.165, 1.54) is 0 Å². The minimum Gasteiger partial charge on any atom is -0.480 e. The summed E-state index contributed by atoms with van der Waals surface area (Å²) in [6.45, 7) is 2.12. The van der Waals surface area contributed by atoms with Gasteiger partial charge in [-0.2, -0.15) is 16.7 Å². The first-order valence-electron chi connectivity index (χ1n) is 4.99. The normalized spacial score (nSPS) is 12.2. The molecule has 0 aliphatic carbocycles. The number of nitrogens with zero attached hydrogens (tertiary/aromatic N) is 2. The van der Waals surface area contributed by atoms with Crippen LogP contribution >= 0.6 is 27.7 Å². The molecule has 0 aliphatic heterocycles. The lowest BCUT2D eigenvalue weighted by molar-refractivity contribution is 0.394. The molecule has 1 N–H and O–H groups in total. The molecule has 1 aromatic rings. The van der Waals surface area contributed by atoms with Gasteiger partial charge in [-0.3, -0.25) is 0 Å². The van der Waals surface area contributed by atoms with Gasteiger partial charge in [-0.15, -0.1) is 0 Å². The summed E-state index contributed by atoms with van der Waals surface area (Å²) in [6.07, 6.45) is 4.88. The van der Waals surface area contributed by atoms with Crippen LogP contribution in [0.4, 0.5) is 5.95 Å². The first-order chi connectivity index (χ1) is 7.67. The molecule has 1 rings (SSSR count). The Morgan fingerprint density at radius 2 is 2.38 bits per heavy atom. The lowest BCUT2D eigenvalue weighted by atomic mass is 10.3. The number of halogens is 1. The van der Waals surface area contributed by atoms with Gasteiger partial charge < -0.3 is 10.1 Å². The smallest absolute Gasteiger partial charge is 0.232 e. The van der Waals surface area contributed by atoms with Crippen molar-refractivity contribution in [1.82, 2.24) is 9.97 Å². The van der Waals surface area contributed by atoms with Crippen molar-refractivity contribution in [3.05, 3.63) is 10.7 Å².